The Bertz CT molecular complexity index is 4480. The predicted octanol–water partition coefficient (Wildman–Crippen LogP) is 13.0. The molecule has 0 atom stereocenters. The van der Waals surface area contributed by atoms with Crippen LogP contribution in [0, 0.1) is 62.9 Å². The minimum Gasteiger partial charge on any atom is -0.289 e. The molecule has 10 heteroatoms. The van der Waals surface area contributed by atoms with Crippen molar-refractivity contribution in [2.45, 2.75) is 0 Å². The van der Waals surface area contributed by atoms with Crippen LogP contribution in [0.2, 0.25) is 0 Å². The molecule has 0 fully saturated rings. The zero-order valence-corrected chi connectivity index (χ0v) is 38.3. The lowest BCUT2D eigenvalue weighted by atomic mass is 9.94. The van der Waals surface area contributed by atoms with E-state index in [1.807, 2.05) is 48.5 Å². The Balaban J connectivity index is 0.000000140. The molecule has 5 nitrogen and oxygen atoms in total. The summed E-state index contributed by atoms with van der Waals surface area (Å²) < 4.78 is 56.9. The number of hydrogen-bond donors (Lipinski definition) is 0. The van der Waals surface area contributed by atoms with Gasteiger partial charge in [-0.15, -0.1) is 0 Å². The maximum absolute atomic E-state index is 14.5. The van der Waals surface area contributed by atoms with Gasteiger partial charge >= 0.3 is 0 Å². The Hall–Kier alpha value is -9.27. The molecule has 0 bridgehead atoms. The summed E-state index contributed by atoms with van der Waals surface area (Å²) in [6, 6.07) is 51.5. The highest BCUT2D eigenvalue weighted by Gasteiger charge is 2.26. The first-order valence-electron chi connectivity index (χ1n) is 22.0. The van der Waals surface area contributed by atoms with Crippen LogP contribution >= 0.6 is 15.9 Å². The van der Waals surface area contributed by atoms with E-state index in [0.29, 0.717) is 59.9 Å². The van der Waals surface area contributed by atoms with Crippen LogP contribution in [-0.2, 0) is 0 Å². The van der Waals surface area contributed by atoms with E-state index in [4.69, 9.17) is 11.8 Å². The maximum atomic E-state index is 14.5. The Morgan fingerprint density at radius 2 is 0.859 bits per heavy atom. The summed E-state index contributed by atoms with van der Waals surface area (Å²) in [5.41, 5.74) is 8.45. The molecule has 11 aromatic carbocycles. The molecule has 0 unspecified atom stereocenters. The van der Waals surface area contributed by atoms with Gasteiger partial charge in [-0.05, 0) is 196 Å². The number of hydrogen-bond acceptors (Lipinski definition) is 4. The largest absolute Gasteiger partial charge is 0.289 e. The predicted molar refractivity (Wildman–Crippen MR) is 272 cm³/mol. The second-order valence-corrected chi connectivity index (χ2v) is 17.9. The second-order valence-electron chi connectivity index (χ2n) is 17.0. The minimum absolute atomic E-state index is 0.294. The van der Waals surface area contributed by atoms with Crippen molar-refractivity contribution in [1.29, 1.82) is 10.5 Å². The molecule has 0 N–H and O–H groups in total. The van der Waals surface area contributed by atoms with Crippen LogP contribution in [0.4, 0.5) is 23.2 Å². The van der Waals surface area contributed by atoms with Crippen LogP contribution < -0.4 is 21.3 Å². The van der Waals surface area contributed by atoms with Gasteiger partial charge in [0.15, 0.2) is 16.5 Å². The highest BCUT2D eigenvalue weighted by molar-refractivity contribution is 9.10. The van der Waals surface area contributed by atoms with Gasteiger partial charge in [-0.3, -0.25) is 9.59 Å². The van der Waals surface area contributed by atoms with E-state index in [1.54, 1.807) is 78.9 Å². The topological polar surface area (TPSA) is 86.1 Å². The van der Waals surface area contributed by atoms with Gasteiger partial charge in [0.25, 0.3) is 0 Å². The number of nitrogens with zero attached hydrogens (tertiary/aromatic N) is 3. The minimum atomic E-state index is -0.473. The molecule has 71 heavy (non-hydrogen) atoms. The fourth-order valence-corrected chi connectivity index (χ4v) is 10.1. The zero-order chi connectivity index (χ0) is 49.2. The smallest absolute Gasteiger partial charge is 0.194 e. The molecule has 0 saturated carbocycles. The Labute approximate surface area is 408 Å². The van der Waals surface area contributed by atoms with Crippen molar-refractivity contribution in [3.63, 3.8) is 0 Å². The quantitative estimate of drug-likeness (QED) is 0.128. The molecule has 0 amide bonds. The Morgan fingerprint density at radius 1 is 0.394 bits per heavy atom. The van der Waals surface area contributed by atoms with Gasteiger partial charge in [0.05, 0.1) is 29.8 Å². The highest BCUT2D eigenvalue weighted by Crippen LogP contribution is 2.39. The molecule has 0 aromatic heterocycles. The van der Waals surface area contributed by atoms with Crippen molar-refractivity contribution < 1.29 is 17.6 Å². The zero-order valence-electron chi connectivity index (χ0n) is 36.7. The first-order valence-corrected chi connectivity index (χ1v) is 22.8. The number of halogens is 5. The van der Waals surface area contributed by atoms with Gasteiger partial charge in [-0.2, -0.15) is 10.5 Å². The molecule has 0 spiro atoms. The SMILES string of the molecule is N#Cc1ccc(Br)cc1.O=c1c2cc(F)ccc2c2cc3c(cc12)c(=O)c1cc(F)ccc13.[C-]#[N+]c1ccc(C2=c3cc4c(cc3-c3ccc(F)cc32)=c2ccc(F)cc2=C4c2ccc(C#N)cc2)cc1. The van der Waals surface area contributed by atoms with Gasteiger partial charge in [0, 0.05) is 26.0 Å². The van der Waals surface area contributed by atoms with Gasteiger partial charge in [-0.25, -0.2) is 22.4 Å². The lowest BCUT2D eigenvalue weighted by Gasteiger charge is -2.09. The molecule has 2 aliphatic carbocycles. The maximum Gasteiger partial charge on any atom is 0.194 e. The molecular weight excluding hydrogens is 963 g/mol. The molecule has 0 aliphatic heterocycles. The number of benzene rings is 9. The molecule has 0 saturated heterocycles. The Kier molecular flexibility index (Phi) is 10.8. The monoisotopic (exact) mass is 989 g/mol. The lowest BCUT2D eigenvalue weighted by Crippen LogP contribution is -2.10. The van der Waals surface area contributed by atoms with Crippen molar-refractivity contribution in [2.24, 2.45) is 0 Å². The summed E-state index contributed by atoms with van der Waals surface area (Å²) in [6.07, 6.45) is 0. The van der Waals surface area contributed by atoms with Crippen molar-refractivity contribution in [2.75, 3.05) is 0 Å². The van der Waals surface area contributed by atoms with Crippen LogP contribution in [-0.4, -0.2) is 0 Å². The Morgan fingerprint density at radius 3 is 1.44 bits per heavy atom. The lowest BCUT2D eigenvalue weighted by molar-refractivity contribution is 0.626. The summed E-state index contributed by atoms with van der Waals surface area (Å²) >= 11 is 3.27. The summed E-state index contributed by atoms with van der Waals surface area (Å²) in [6.45, 7) is 7.30. The molecule has 0 heterocycles. The average molecular weight is 991 g/mol. The van der Waals surface area contributed by atoms with Crippen molar-refractivity contribution in [3.8, 4) is 23.3 Å². The van der Waals surface area contributed by atoms with Crippen molar-refractivity contribution >= 4 is 75.9 Å². The first kappa shape index (κ1) is 44.2. The van der Waals surface area contributed by atoms with E-state index in [2.05, 4.69) is 39.0 Å². The summed E-state index contributed by atoms with van der Waals surface area (Å²) in [5, 5.41) is 25.4. The van der Waals surface area contributed by atoms with Crippen LogP contribution in [0.15, 0.2) is 184 Å². The fraction of sp³-hybridized carbons (Fsp3) is 0. The number of fused-ring (bicyclic) bond motifs is 11. The molecule has 2 aliphatic rings. The van der Waals surface area contributed by atoms with Crippen LogP contribution in [0.5, 0.6) is 0 Å². The molecule has 11 aromatic rings. The number of nitriles is 2. The summed E-state index contributed by atoms with van der Waals surface area (Å²) in [7, 11) is 0. The molecular formula is C61H28BrF4N3O2. The third kappa shape index (κ3) is 7.54. The molecule has 334 valence electrons. The van der Waals surface area contributed by atoms with Crippen LogP contribution in [0.25, 0.3) is 70.2 Å². The van der Waals surface area contributed by atoms with Gasteiger partial charge in [0.2, 0.25) is 0 Å². The van der Waals surface area contributed by atoms with Crippen molar-refractivity contribution in [1.82, 2.24) is 0 Å². The number of rotatable bonds is 2. The van der Waals surface area contributed by atoms with E-state index in [0.717, 1.165) is 69.9 Å². The molecule has 0 radical (unpaired) electrons. The third-order valence-electron chi connectivity index (χ3n) is 13.0. The van der Waals surface area contributed by atoms with Gasteiger partial charge < -0.3 is 0 Å². The first-order chi connectivity index (χ1) is 34.4. The normalized spacial score (nSPS) is 11.7. The third-order valence-corrected chi connectivity index (χ3v) is 13.5. The van der Waals surface area contributed by atoms with Crippen molar-refractivity contribution in [3.05, 3.63) is 284 Å². The summed E-state index contributed by atoms with van der Waals surface area (Å²) in [4.78, 5) is 28.6. The van der Waals surface area contributed by atoms with E-state index in [9.17, 15) is 32.4 Å². The van der Waals surface area contributed by atoms with E-state index in [1.165, 1.54) is 36.4 Å². The average Bonchev–Trinajstić information content (AvgIpc) is 4.05. The van der Waals surface area contributed by atoms with Gasteiger partial charge in [-0.1, -0.05) is 76.6 Å². The molecule has 13 rings (SSSR count). The van der Waals surface area contributed by atoms with Crippen LogP contribution in [0.3, 0.4) is 0 Å². The van der Waals surface area contributed by atoms with E-state index >= 15 is 0 Å². The van der Waals surface area contributed by atoms with E-state index in [-0.39, 0.29) is 22.5 Å². The van der Waals surface area contributed by atoms with Gasteiger partial charge in [0.1, 0.15) is 23.3 Å². The second kappa shape index (κ2) is 17.4. The summed E-state index contributed by atoms with van der Waals surface area (Å²) in [5.74, 6) is -1.58. The highest BCUT2D eigenvalue weighted by atomic mass is 79.9. The standard InChI is InChI=1S/C34H16F2N2.C20H8F2O2.C7H4BrN/c1-38-24-10-6-21(7-11-24)34-30-15-23(36)9-13-26(30)28-16-27-25-12-8-22(35)14-29(25)33(31(27)17-32(28)34)20-4-2-19(18-37)3-5-20;21-9-1-3-11-13-7-14-12-4-2-10(22)6-16(12)20(24)18(14)8-17(13)19(23)15(11)5-9;8-7-3-1-6(5-9)2-4-7/h2-17H;1-8H;1-4H. The van der Waals surface area contributed by atoms with E-state index < -0.39 is 11.6 Å². The fourth-order valence-electron chi connectivity index (χ4n) is 9.82. The van der Waals surface area contributed by atoms with Crippen LogP contribution in [0.1, 0.15) is 33.4 Å².